The molecule has 1 fully saturated rings. The summed E-state index contributed by atoms with van der Waals surface area (Å²) in [5.41, 5.74) is -2.27. The largest absolute Gasteiger partial charge is 0.425 e. The third-order valence-corrected chi connectivity index (χ3v) is 5.81. The van der Waals surface area contributed by atoms with Crippen LogP contribution in [-0.2, 0) is 19.1 Å². The van der Waals surface area contributed by atoms with Gasteiger partial charge in [-0.2, -0.15) is 13.2 Å². The van der Waals surface area contributed by atoms with Crippen LogP contribution in [0.4, 0.5) is 22.0 Å². The molecular formula is C23H18F5N5O2. The monoisotopic (exact) mass is 491 g/mol. The van der Waals surface area contributed by atoms with Gasteiger partial charge in [-0.15, -0.1) is 10.2 Å². The molecule has 12 heteroatoms. The molecule has 1 aliphatic carbocycles. The van der Waals surface area contributed by atoms with Gasteiger partial charge in [0, 0.05) is 37.5 Å². The Hall–Kier alpha value is -3.70. The van der Waals surface area contributed by atoms with E-state index in [4.69, 9.17) is 4.42 Å². The average molecular weight is 491 g/mol. The fourth-order valence-corrected chi connectivity index (χ4v) is 3.75. The van der Waals surface area contributed by atoms with E-state index >= 15 is 0 Å². The highest BCUT2D eigenvalue weighted by Gasteiger charge is 2.32. The van der Waals surface area contributed by atoms with Gasteiger partial charge in [0.25, 0.3) is 5.56 Å². The van der Waals surface area contributed by atoms with Gasteiger partial charge in [0.2, 0.25) is 11.8 Å². The van der Waals surface area contributed by atoms with Crippen LogP contribution in [0, 0.1) is 11.6 Å². The molecule has 0 radical (unpaired) electrons. The van der Waals surface area contributed by atoms with Gasteiger partial charge in [0.15, 0.2) is 17.5 Å². The molecule has 4 aromatic rings. The van der Waals surface area contributed by atoms with Gasteiger partial charge >= 0.3 is 6.18 Å². The van der Waals surface area contributed by atoms with Crippen molar-refractivity contribution in [2.24, 2.45) is 0 Å². The highest BCUT2D eigenvalue weighted by Crippen LogP contribution is 2.39. The average Bonchev–Trinajstić information content (AvgIpc) is 3.57. The van der Waals surface area contributed by atoms with Crippen LogP contribution in [0.25, 0.3) is 22.2 Å². The predicted molar refractivity (Wildman–Crippen MR) is 113 cm³/mol. The Morgan fingerprint density at radius 3 is 2.49 bits per heavy atom. The number of hydrogen-bond acceptors (Lipinski definition) is 6. The first-order valence-corrected chi connectivity index (χ1v) is 11.0. The van der Waals surface area contributed by atoms with E-state index in [0.717, 1.165) is 18.9 Å². The van der Waals surface area contributed by atoms with Crippen LogP contribution < -0.4 is 5.56 Å². The summed E-state index contributed by atoms with van der Waals surface area (Å²) in [4.78, 5) is 19.8. The number of alkyl halides is 3. The number of unbranched alkanes of at least 4 members (excludes halogenated alkanes) is 1. The quantitative estimate of drug-likeness (QED) is 0.266. The number of hydrogen-bond donors (Lipinski definition) is 0. The standard InChI is InChI=1S/C23H18F5N5O2/c24-18-15(20-29-10-14(11-30-20)23(26,27)28)9-13-6-8-33(22(34)17(13)19(18)25)7-2-1-3-16-31-32-21(35-16)12-4-5-12/h6,8-12H,1-5,7H2. The van der Waals surface area contributed by atoms with Crippen LogP contribution in [0.2, 0.25) is 0 Å². The van der Waals surface area contributed by atoms with Gasteiger partial charge in [-0.05, 0) is 43.2 Å². The summed E-state index contributed by atoms with van der Waals surface area (Å²) in [6, 6.07) is 2.59. The highest BCUT2D eigenvalue weighted by atomic mass is 19.4. The molecule has 0 N–H and O–H groups in total. The van der Waals surface area contributed by atoms with E-state index in [9.17, 15) is 26.7 Å². The molecule has 1 aromatic carbocycles. The summed E-state index contributed by atoms with van der Waals surface area (Å²) in [6.07, 6.45) is 1.64. The third kappa shape index (κ3) is 4.64. The van der Waals surface area contributed by atoms with Crippen molar-refractivity contribution >= 4 is 10.8 Å². The van der Waals surface area contributed by atoms with Crippen molar-refractivity contribution < 1.29 is 26.4 Å². The van der Waals surface area contributed by atoms with E-state index in [1.807, 2.05) is 0 Å². The molecule has 182 valence electrons. The lowest BCUT2D eigenvalue weighted by Crippen LogP contribution is -2.21. The van der Waals surface area contributed by atoms with Crippen LogP contribution in [-0.4, -0.2) is 24.7 Å². The van der Waals surface area contributed by atoms with Crippen LogP contribution in [0.3, 0.4) is 0 Å². The zero-order chi connectivity index (χ0) is 24.7. The van der Waals surface area contributed by atoms with Crippen molar-refractivity contribution in [3.8, 4) is 11.4 Å². The van der Waals surface area contributed by atoms with E-state index < -0.39 is 45.7 Å². The van der Waals surface area contributed by atoms with Gasteiger partial charge in [0.05, 0.1) is 16.5 Å². The van der Waals surface area contributed by atoms with E-state index in [-0.39, 0.29) is 11.9 Å². The Balaban J connectivity index is 1.33. The topological polar surface area (TPSA) is 86.7 Å². The molecule has 0 unspecified atom stereocenters. The number of aromatic nitrogens is 5. The van der Waals surface area contributed by atoms with Crippen LogP contribution in [0.1, 0.15) is 48.9 Å². The van der Waals surface area contributed by atoms with E-state index in [2.05, 4.69) is 20.2 Å². The van der Waals surface area contributed by atoms with Crippen molar-refractivity contribution in [2.45, 2.75) is 50.7 Å². The molecule has 0 spiro atoms. The maximum atomic E-state index is 14.9. The predicted octanol–water partition coefficient (Wildman–Crippen LogP) is 5.04. The van der Waals surface area contributed by atoms with Crippen LogP contribution in [0.5, 0.6) is 0 Å². The summed E-state index contributed by atoms with van der Waals surface area (Å²) >= 11 is 0. The summed E-state index contributed by atoms with van der Waals surface area (Å²) in [5, 5.41) is 7.66. The third-order valence-electron chi connectivity index (χ3n) is 5.81. The molecule has 0 saturated heterocycles. The second kappa shape index (κ2) is 8.82. The second-order valence-electron chi connectivity index (χ2n) is 8.39. The molecule has 3 heterocycles. The van der Waals surface area contributed by atoms with Gasteiger partial charge in [0.1, 0.15) is 0 Å². The highest BCUT2D eigenvalue weighted by molar-refractivity contribution is 5.86. The fourth-order valence-electron chi connectivity index (χ4n) is 3.75. The van der Waals surface area contributed by atoms with Crippen molar-refractivity contribution in [1.29, 1.82) is 0 Å². The van der Waals surface area contributed by atoms with Gasteiger partial charge in [-0.25, -0.2) is 18.7 Å². The Kier molecular flexibility index (Phi) is 5.81. The molecule has 3 aromatic heterocycles. The summed E-state index contributed by atoms with van der Waals surface area (Å²) in [5.74, 6) is -1.68. The first-order chi connectivity index (χ1) is 16.7. The molecule has 0 amide bonds. The maximum absolute atomic E-state index is 14.9. The minimum atomic E-state index is -4.66. The van der Waals surface area contributed by atoms with Crippen LogP contribution >= 0.6 is 0 Å². The van der Waals surface area contributed by atoms with Gasteiger partial charge in [-0.1, -0.05) is 0 Å². The number of aryl methyl sites for hydroxylation is 2. The van der Waals surface area contributed by atoms with Crippen molar-refractivity contribution in [2.75, 3.05) is 0 Å². The number of nitrogens with zero attached hydrogens (tertiary/aromatic N) is 5. The molecule has 0 aliphatic heterocycles. The van der Waals surface area contributed by atoms with E-state index in [0.29, 0.717) is 49.4 Å². The molecule has 7 nitrogen and oxygen atoms in total. The number of fused-ring (bicyclic) bond motifs is 1. The smallest absolute Gasteiger partial charge is 0.419 e. The van der Waals surface area contributed by atoms with Crippen LogP contribution in [0.15, 0.2) is 39.9 Å². The first-order valence-electron chi connectivity index (χ1n) is 11.0. The van der Waals surface area contributed by atoms with Crippen molar-refractivity contribution in [3.63, 3.8) is 0 Å². The second-order valence-corrected chi connectivity index (χ2v) is 8.39. The van der Waals surface area contributed by atoms with E-state index in [1.54, 1.807) is 0 Å². The summed E-state index contributed by atoms with van der Waals surface area (Å²) < 4.78 is 74.7. The number of pyridine rings is 1. The lowest BCUT2D eigenvalue weighted by Gasteiger charge is -2.11. The van der Waals surface area contributed by atoms with Gasteiger partial charge < -0.3 is 8.98 Å². The van der Waals surface area contributed by atoms with E-state index in [1.165, 1.54) is 16.8 Å². The SMILES string of the molecule is O=c1c2c(F)c(F)c(-c3ncc(C(F)(F)F)cn3)cc2ccn1CCCCc1nnc(C2CC2)o1. The number of rotatable bonds is 7. The Morgan fingerprint density at radius 2 is 1.80 bits per heavy atom. The molecule has 35 heavy (non-hydrogen) atoms. The van der Waals surface area contributed by atoms with Crippen molar-refractivity contribution in [3.05, 3.63) is 70.1 Å². The molecule has 5 rings (SSSR count). The lowest BCUT2D eigenvalue weighted by molar-refractivity contribution is -0.138. The molecule has 1 saturated carbocycles. The maximum Gasteiger partial charge on any atom is 0.419 e. The zero-order valence-electron chi connectivity index (χ0n) is 18.1. The molecule has 0 bridgehead atoms. The minimum absolute atomic E-state index is 0.0853. The summed E-state index contributed by atoms with van der Waals surface area (Å²) in [6.45, 7) is 0.267. The molecular weight excluding hydrogens is 473 g/mol. The normalized spacial score (nSPS) is 14.1. The Bertz CT molecular complexity index is 1440. The number of halogens is 5. The summed E-state index contributed by atoms with van der Waals surface area (Å²) in [7, 11) is 0. The Morgan fingerprint density at radius 1 is 1.06 bits per heavy atom. The number of benzene rings is 1. The fraction of sp³-hybridized carbons (Fsp3) is 0.348. The lowest BCUT2D eigenvalue weighted by atomic mass is 10.1. The Labute approximate surface area is 194 Å². The minimum Gasteiger partial charge on any atom is -0.425 e. The van der Waals surface area contributed by atoms with Crippen molar-refractivity contribution in [1.82, 2.24) is 24.7 Å². The van der Waals surface area contributed by atoms with Gasteiger partial charge in [-0.3, -0.25) is 4.79 Å². The molecule has 1 aliphatic rings. The molecule has 0 atom stereocenters. The first kappa shape index (κ1) is 23.1. The zero-order valence-corrected chi connectivity index (χ0v) is 18.1.